The molecule has 1 fully saturated rings. The lowest BCUT2D eigenvalue weighted by Gasteiger charge is -2.32. The largest absolute Gasteiger partial charge is 0.375 e. The van der Waals surface area contributed by atoms with Crippen LogP contribution in [0.5, 0.6) is 0 Å². The van der Waals surface area contributed by atoms with Crippen molar-refractivity contribution in [3.8, 4) is 0 Å². The van der Waals surface area contributed by atoms with Gasteiger partial charge in [-0.2, -0.15) is 0 Å². The maximum absolute atomic E-state index is 12.1. The number of hydrogen-bond donors (Lipinski definition) is 1. The minimum atomic E-state index is -0.254. The summed E-state index contributed by atoms with van der Waals surface area (Å²) in [5.74, 6) is -0.135. The molecule has 1 aliphatic heterocycles. The van der Waals surface area contributed by atoms with E-state index in [1.54, 1.807) is 17.0 Å². The van der Waals surface area contributed by atoms with E-state index in [1.807, 2.05) is 6.92 Å². The summed E-state index contributed by atoms with van der Waals surface area (Å²) >= 11 is 0. The zero-order chi connectivity index (χ0) is 12.3. The van der Waals surface area contributed by atoms with Gasteiger partial charge in [0, 0.05) is 19.2 Å². The molecule has 0 spiro atoms. The number of ether oxygens (including phenoxy) is 1. The van der Waals surface area contributed by atoms with E-state index in [9.17, 15) is 9.59 Å². The Labute approximate surface area is 99.4 Å². The second kappa shape index (κ2) is 5.14. The number of nitrogens with one attached hydrogen (secondary N) is 1. The maximum atomic E-state index is 12.1. The first-order valence-corrected chi connectivity index (χ1v) is 5.81. The van der Waals surface area contributed by atoms with Gasteiger partial charge >= 0.3 is 0 Å². The average molecular weight is 236 g/mol. The lowest BCUT2D eigenvalue weighted by molar-refractivity contribution is -0.0228. The molecule has 5 heteroatoms. The van der Waals surface area contributed by atoms with Gasteiger partial charge < -0.3 is 14.6 Å². The number of carbonyl (C=O) groups excluding carboxylic acids is 1. The van der Waals surface area contributed by atoms with E-state index in [0.29, 0.717) is 25.4 Å². The van der Waals surface area contributed by atoms with Gasteiger partial charge in [-0.25, -0.2) is 0 Å². The Bertz CT molecular complexity index is 455. The Morgan fingerprint density at radius 2 is 2.41 bits per heavy atom. The second-order valence-corrected chi connectivity index (χ2v) is 4.08. The molecular weight excluding hydrogens is 220 g/mol. The molecule has 2 rings (SSSR count). The second-order valence-electron chi connectivity index (χ2n) is 4.08. The fraction of sp³-hybridized carbons (Fsp3) is 0.500. The molecule has 2 heterocycles. The molecule has 1 unspecified atom stereocenters. The molecule has 0 radical (unpaired) electrons. The number of carbonyl (C=O) groups is 1. The zero-order valence-electron chi connectivity index (χ0n) is 9.81. The number of amides is 1. The number of H-pyrrole nitrogens is 1. The number of aromatic nitrogens is 1. The number of hydrogen-bond acceptors (Lipinski definition) is 3. The van der Waals surface area contributed by atoms with Crippen molar-refractivity contribution in [1.82, 2.24) is 9.88 Å². The summed E-state index contributed by atoms with van der Waals surface area (Å²) in [5, 5.41) is 0. The molecule has 92 valence electrons. The predicted molar refractivity (Wildman–Crippen MR) is 63.0 cm³/mol. The molecule has 1 aliphatic rings. The summed E-state index contributed by atoms with van der Waals surface area (Å²) in [7, 11) is 0. The normalized spacial score (nSPS) is 20.3. The Balaban J connectivity index is 2.12. The first-order chi connectivity index (χ1) is 8.20. The smallest absolute Gasteiger partial charge is 0.270 e. The molecule has 0 aromatic carbocycles. The molecule has 1 aromatic rings. The van der Waals surface area contributed by atoms with Crippen LogP contribution in [-0.4, -0.2) is 41.6 Å². The van der Waals surface area contributed by atoms with Crippen molar-refractivity contribution in [3.05, 3.63) is 34.2 Å². The van der Waals surface area contributed by atoms with Crippen molar-refractivity contribution in [2.75, 3.05) is 19.7 Å². The molecule has 5 nitrogen and oxygen atoms in total. The van der Waals surface area contributed by atoms with Gasteiger partial charge in [0.25, 0.3) is 5.91 Å². The Morgan fingerprint density at radius 3 is 3.12 bits per heavy atom. The molecule has 1 saturated heterocycles. The maximum Gasteiger partial charge on any atom is 0.270 e. The standard InChI is InChI=1S/C12H16N2O3/c1-2-9-8-14(6-7-17-9)12(16)10-4-3-5-11(15)13-10/h3-5,9H,2,6-8H2,1H3,(H,13,15). The SMILES string of the molecule is CCC1CN(C(=O)c2cccc(=O)[nH]2)CCO1. The van der Waals surface area contributed by atoms with Crippen LogP contribution in [0.3, 0.4) is 0 Å². The van der Waals surface area contributed by atoms with Gasteiger partial charge in [-0.3, -0.25) is 9.59 Å². The summed E-state index contributed by atoms with van der Waals surface area (Å²) in [6.45, 7) is 3.75. The van der Waals surface area contributed by atoms with Gasteiger partial charge in [-0.05, 0) is 12.5 Å². The van der Waals surface area contributed by atoms with E-state index >= 15 is 0 Å². The van der Waals surface area contributed by atoms with Crippen LogP contribution in [0.15, 0.2) is 23.0 Å². The summed E-state index contributed by atoms with van der Waals surface area (Å²) in [6.07, 6.45) is 0.984. The van der Waals surface area contributed by atoms with Gasteiger partial charge in [0.15, 0.2) is 0 Å². The molecule has 1 amide bonds. The zero-order valence-corrected chi connectivity index (χ0v) is 9.81. The highest BCUT2D eigenvalue weighted by molar-refractivity contribution is 5.92. The Hall–Kier alpha value is -1.62. The molecule has 0 saturated carbocycles. The van der Waals surface area contributed by atoms with Crippen LogP contribution in [0.25, 0.3) is 0 Å². The van der Waals surface area contributed by atoms with Crippen LogP contribution < -0.4 is 5.56 Å². The molecule has 1 atom stereocenters. The summed E-state index contributed by atoms with van der Waals surface area (Å²) in [4.78, 5) is 27.5. The highest BCUT2D eigenvalue weighted by Crippen LogP contribution is 2.10. The third kappa shape index (κ3) is 2.74. The fourth-order valence-corrected chi connectivity index (χ4v) is 1.89. The number of nitrogens with zero attached hydrogens (tertiary/aromatic N) is 1. The first-order valence-electron chi connectivity index (χ1n) is 5.81. The van der Waals surface area contributed by atoms with Gasteiger partial charge in [-0.1, -0.05) is 13.0 Å². The molecular formula is C12H16N2O3. The lowest BCUT2D eigenvalue weighted by Crippen LogP contribution is -2.45. The quantitative estimate of drug-likeness (QED) is 0.819. The molecule has 17 heavy (non-hydrogen) atoms. The number of aromatic amines is 1. The topological polar surface area (TPSA) is 62.4 Å². The van der Waals surface area contributed by atoms with Crippen LogP contribution in [0.2, 0.25) is 0 Å². The minimum Gasteiger partial charge on any atom is -0.375 e. The van der Waals surface area contributed by atoms with Crippen LogP contribution in [0, 0.1) is 0 Å². The van der Waals surface area contributed by atoms with Gasteiger partial charge in [0.1, 0.15) is 5.69 Å². The Morgan fingerprint density at radius 1 is 1.59 bits per heavy atom. The molecule has 1 aromatic heterocycles. The third-order valence-corrected chi connectivity index (χ3v) is 2.88. The Kier molecular flexibility index (Phi) is 3.58. The van der Waals surface area contributed by atoms with E-state index in [2.05, 4.69) is 4.98 Å². The van der Waals surface area contributed by atoms with E-state index in [1.165, 1.54) is 6.07 Å². The lowest BCUT2D eigenvalue weighted by atomic mass is 10.2. The molecule has 0 aliphatic carbocycles. The minimum absolute atomic E-state index is 0.100. The summed E-state index contributed by atoms with van der Waals surface area (Å²) in [6, 6.07) is 4.61. The van der Waals surface area contributed by atoms with Crippen molar-refractivity contribution in [2.45, 2.75) is 19.4 Å². The van der Waals surface area contributed by atoms with E-state index in [-0.39, 0.29) is 17.6 Å². The van der Waals surface area contributed by atoms with Crippen molar-refractivity contribution in [1.29, 1.82) is 0 Å². The number of morpholine rings is 1. The van der Waals surface area contributed by atoms with E-state index < -0.39 is 0 Å². The van der Waals surface area contributed by atoms with Gasteiger partial charge in [-0.15, -0.1) is 0 Å². The van der Waals surface area contributed by atoms with Crippen LogP contribution in [0.4, 0.5) is 0 Å². The first kappa shape index (κ1) is 11.9. The average Bonchev–Trinajstić information content (AvgIpc) is 2.38. The van der Waals surface area contributed by atoms with Gasteiger partial charge in [0.05, 0.1) is 12.7 Å². The van der Waals surface area contributed by atoms with Crippen molar-refractivity contribution < 1.29 is 9.53 Å². The highest BCUT2D eigenvalue weighted by Gasteiger charge is 2.24. The van der Waals surface area contributed by atoms with Crippen molar-refractivity contribution in [3.63, 3.8) is 0 Å². The summed E-state index contributed by atoms with van der Waals surface area (Å²) in [5.41, 5.74) is 0.0883. The fourth-order valence-electron chi connectivity index (χ4n) is 1.89. The number of rotatable bonds is 2. The van der Waals surface area contributed by atoms with Crippen molar-refractivity contribution in [2.24, 2.45) is 0 Å². The molecule has 0 bridgehead atoms. The predicted octanol–water partition coefficient (Wildman–Crippen LogP) is 0.626. The van der Waals surface area contributed by atoms with E-state index in [4.69, 9.17) is 4.74 Å². The third-order valence-electron chi connectivity index (χ3n) is 2.88. The summed E-state index contributed by atoms with van der Waals surface area (Å²) < 4.78 is 5.50. The highest BCUT2D eigenvalue weighted by atomic mass is 16.5. The van der Waals surface area contributed by atoms with Gasteiger partial charge in [0.2, 0.25) is 5.56 Å². The molecule has 1 N–H and O–H groups in total. The van der Waals surface area contributed by atoms with E-state index in [0.717, 1.165) is 6.42 Å². The van der Waals surface area contributed by atoms with Crippen LogP contribution in [0.1, 0.15) is 23.8 Å². The van der Waals surface area contributed by atoms with Crippen LogP contribution >= 0.6 is 0 Å². The number of pyridine rings is 1. The monoisotopic (exact) mass is 236 g/mol. The van der Waals surface area contributed by atoms with Crippen molar-refractivity contribution >= 4 is 5.91 Å². The van der Waals surface area contributed by atoms with Crippen LogP contribution in [-0.2, 0) is 4.74 Å².